The number of rotatable bonds is 2. The predicted octanol–water partition coefficient (Wildman–Crippen LogP) is 2.12. The van der Waals surface area contributed by atoms with Crippen LogP contribution in [0.4, 0.5) is 4.79 Å². The Morgan fingerprint density at radius 2 is 2.05 bits per heavy atom. The number of thioether (sulfide) groups is 1. The second kappa shape index (κ2) is 5.84. The third kappa shape index (κ3) is 2.62. The summed E-state index contributed by atoms with van der Waals surface area (Å²) < 4.78 is 0. The average Bonchev–Trinajstić information content (AvgIpc) is 2.87. The zero-order chi connectivity index (χ0) is 14.9. The first kappa shape index (κ1) is 15.5. The number of carboxylic acid groups (broad SMARTS) is 1. The molecule has 0 aromatic rings. The fourth-order valence-electron chi connectivity index (χ4n) is 3.03. The first-order chi connectivity index (χ1) is 9.41. The lowest BCUT2D eigenvalue weighted by molar-refractivity contribution is -0.148. The van der Waals surface area contributed by atoms with Crippen molar-refractivity contribution in [2.75, 3.05) is 25.4 Å². The fraction of sp³-hybridized carbons (Fsp3) is 0.857. The summed E-state index contributed by atoms with van der Waals surface area (Å²) in [5, 5.41) is 9.85. The summed E-state index contributed by atoms with van der Waals surface area (Å²) >= 11 is 1.89. The van der Waals surface area contributed by atoms with Crippen molar-refractivity contribution < 1.29 is 14.7 Å². The van der Waals surface area contributed by atoms with Crippen molar-refractivity contribution in [1.29, 1.82) is 0 Å². The minimum atomic E-state index is -0.772. The van der Waals surface area contributed by atoms with Gasteiger partial charge in [-0.1, -0.05) is 13.8 Å². The van der Waals surface area contributed by atoms with E-state index in [2.05, 4.69) is 13.8 Å². The Morgan fingerprint density at radius 3 is 2.60 bits per heavy atom. The molecule has 6 heteroatoms. The third-order valence-electron chi connectivity index (χ3n) is 4.88. The highest BCUT2D eigenvalue weighted by atomic mass is 32.2. The van der Waals surface area contributed by atoms with Crippen LogP contribution in [-0.4, -0.2) is 63.6 Å². The maximum atomic E-state index is 12.6. The molecule has 3 unspecified atom stereocenters. The lowest BCUT2D eigenvalue weighted by Gasteiger charge is -2.39. The monoisotopic (exact) mass is 300 g/mol. The first-order valence-electron chi connectivity index (χ1n) is 7.32. The molecule has 2 heterocycles. The van der Waals surface area contributed by atoms with Crippen LogP contribution in [0.25, 0.3) is 0 Å². The van der Waals surface area contributed by atoms with Gasteiger partial charge in [0.05, 0.1) is 5.41 Å². The Hall–Kier alpha value is -0.910. The van der Waals surface area contributed by atoms with Crippen LogP contribution in [-0.2, 0) is 4.79 Å². The van der Waals surface area contributed by atoms with Crippen LogP contribution in [0.3, 0.4) is 0 Å². The molecule has 0 bridgehead atoms. The van der Waals surface area contributed by atoms with E-state index in [4.69, 9.17) is 0 Å². The van der Waals surface area contributed by atoms with E-state index >= 15 is 0 Å². The topological polar surface area (TPSA) is 60.9 Å². The molecule has 114 valence electrons. The molecule has 2 aliphatic rings. The van der Waals surface area contributed by atoms with Crippen LogP contribution < -0.4 is 0 Å². The van der Waals surface area contributed by atoms with Crippen LogP contribution in [0.1, 0.15) is 33.6 Å². The summed E-state index contributed by atoms with van der Waals surface area (Å²) in [7, 11) is 0. The second-order valence-corrected chi connectivity index (χ2v) is 7.39. The number of likely N-dealkylation sites (tertiary alicyclic amines) is 1. The van der Waals surface area contributed by atoms with Crippen molar-refractivity contribution in [2.45, 2.75) is 44.9 Å². The van der Waals surface area contributed by atoms with Crippen LogP contribution in [0.15, 0.2) is 0 Å². The van der Waals surface area contributed by atoms with E-state index in [0.717, 1.165) is 12.3 Å². The van der Waals surface area contributed by atoms with Gasteiger partial charge in [-0.25, -0.2) is 4.79 Å². The first-order valence-corrected chi connectivity index (χ1v) is 8.36. The molecule has 2 fully saturated rings. The Bertz CT molecular complexity index is 404. The highest BCUT2D eigenvalue weighted by Gasteiger charge is 2.46. The number of hydrogen-bond acceptors (Lipinski definition) is 3. The summed E-state index contributed by atoms with van der Waals surface area (Å²) in [5.74, 6) is 0.189. The molecule has 0 aliphatic carbocycles. The quantitative estimate of drug-likeness (QED) is 0.848. The standard InChI is InChI=1S/C14H24N2O3S/c1-4-14(12(17)18)5-6-15(9-14)13(19)16-7-8-20-11(3)10(16)2/h10-11H,4-9H2,1-3H3,(H,17,18). The lowest BCUT2D eigenvalue weighted by Crippen LogP contribution is -2.53. The van der Waals surface area contributed by atoms with Crippen molar-refractivity contribution in [3.63, 3.8) is 0 Å². The summed E-state index contributed by atoms with van der Waals surface area (Å²) in [4.78, 5) is 27.7. The number of nitrogens with zero attached hydrogens (tertiary/aromatic N) is 2. The molecule has 1 N–H and O–H groups in total. The number of carbonyl (C=O) groups is 2. The zero-order valence-corrected chi connectivity index (χ0v) is 13.3. The Morgan fingerprint density at radius 1 is 1.35 bits per heavy atom. The number of urea groups is 1. The number of aliphatic carboxylic acids is 1. The van der Waals surface area contributed by atoms with E-state index in [0.29, 0.717) is 31.2 Å². The Balaban J connectivity index is 2.06. The number of carbonyl (C=O) groups excluding carboxylic acids is 1. The van der Waals surface area contributed by atoms with Crippen molar-refractivity contribution in [3.8, 4) is 0 Å². The molecular weight excluding hydrogens is 276 g/mol. The highest BCUT2D eigenvalue weighted by Crippen LogP contribution is 2.35. The van der Waals surface area contributed by atoms with Gasteiger partial charge >= 0.3 is 12.0 Å². The van der Waals surface area contributed by atoms with Gasteiger partial charge in [0, 0.05) is 36.7 Å². The smallest absolute Gasteiger partial charge is 0.320 e. The SMILES string of the molecule is CCC1(C(=O)O)CCN(C(=O)N2CCSC(C)C2C)C1. The normalized spacial score (nSPS) is 34.4. The molecule has 2 saturated heterocycles. The van der Waals surface area contributed by atoms with Crippen molar-refractivity contribution >= 4 is 23.8 Å². The fourth-order valence-corrected chi connectivity index (χ4v) is 4.13. The number of carboxylic acids is 1. The molecule has 0 aromatic carbocycles. The molecule has 0 spiro atoms. The maximum Gasteiger partial charge on any atom is 0.320 e. The van der Waals surface area contributed by atoms with Gasteiger partial charge in [-0.3, -0.25) is 4.79 Å². The lowest BCUT2D eigenvalue weighted by atomic mass is 9.84. The van der Waals surface area contributed by atoms with Gasteiger partial charge in [-0.15, -0.1) is 0 Å². The van der Waals surface area contributed by atoms with Gasteiger partial charge in [0.2, 0.25) is 0 Å². The van der Waals surface area contributed by atoms with Crippen molar-refractivity contribution in [3.05, 3.63) is 0 Å². The summed E-state index contributed by atoms with van der Waals surface area (Å²) in [6.45, 7) is 7.79. The maximum absolute atomic E-state index is 12.6. The molecule has 2 aliphatic heterocycles. The second-order valence-electron chi connectivity index (χ2n) is 5.90. The van der Waals surface area contributed by atoms with Gasteiger partial charge < -0.3 is 14.9 Å². The molecule has 2 amide bonds. The van der Waals surface area contributed by atoms with Crippen LogP contribution in [0.2, 0.25) is 0 Å². The summed E-state index contributed by atoms with van der Waals surface area (Å²) in [6, 6.07) is 0.226. The van der Waals surface area contributed by atoms with Crippen LogP contribution >= 0.6 is 11.8 Å². The summed E-state index contributed by atoms with van der Waals surface area (Å²) in [6.07, 6.45) is 1.14. The van der Waals surface area contributed by atoms with E-state index in [1.54, 1.807) is 4.90 Å². The van der Waals surface area contributed by atoms with Crippen LogP contribution in [0.5, 0.6) is 0 Å². The summed E-state index contributed by atoms with van der Waals surface area (Å²) in [5.41, 5.74) is -0.741. The molecule has 2 rings (SSSR count). The average molecular weight is 300 g/mol. The van der Waals surface area contributed by atoms with Gasteiger partial charge in [0.25, 0.3) is 0 Å². The molecular formula is C14H24N2O3S. The minimum Gasteiger partial charge on any atom is -0.481 e. The molecule has 5 nitrogen and oxygen atoms in total. The van der Waals surface area contributed by atoms with E-state index in [9.17, 15) is 14.7 Å². The molecule has 0 saturated carbocycles. The largest absolute Gasteiger partial charge is 0.481 e. The predicted molar refractivity (Wildman–Crippen MR) is 80.0 cm³/mol. The highest BCUT2D eigenvalue weighted by molar-refractivity contribution is 8.00. The number of hydrogen-bond donors (Lipinski definition) is 1. The molecule has 20 heavy (non-hydrogen) atoms. The van der Waals surface area contributed by atoms with Gasteiger partial charge in [0.15, 0.2) is 0 Å². The van der Waals surface area contributed by atoms with Crippen molar-refractivity contribution in [1.82, 2.24) is 9.80 Å². The minimum absolute atomic E-state index is 0.0150. The zero-order valence-electron chi connectivity index (χ0n) is 12.5. The van der Waals surface area contributed by atoms with Gasteiger partial charge in [0.1, 0.15) is 0 Å². The van der Waals surface area contributed by atoms with Crippen molar-refractivity contribution in [2.24, 2.45) is 5.41 Å². The molecule has 0 radical (unpaired) electrons. The third-order valence-corrected chi connectivity index (χ3v) is 6.22. The van der Waals surface area contributed by atoms with E-state index < -0.39 is 11.4 Å². The molecule has 3 atom stereocenters. The van der Waals surface area contributed by atoms with Gasteiger partial charge in [-0.2, -0.15) is 11.8 Å². The van der Waals surface area contributed by atoms with E-state index in [1.807, 2.05) is 23.6 Å². The number of amides is 2. The Kier molecular flexibility index (Phi) is 4.52. The Labute approximate surface area is 124 Å². The van der Waals surface area contributed by atoms with E-state index in [1.165, 1.54) is 0 Å². The molecule has 0 aromatic heterocycles. The van der Waals surface area contributed by atoms with E-state index in [-0.39, 0.29) is 12.1 Å². The van der Waals surface area contributed by atoms with Crippen LogP contribution in [0, 0.1) is 5.41 Å². The van der Waals surface area contributed by atoms with Gasteiger partial charge in [-0.05, 0) is 19.8 Å².